The molecule has 2 aromatic heterocycles. The van der Waals surface area contributed by atoms with Crippen LogP contribution in [0.3, 0.4) is 0 Å². The van der Waals surface area contributed by atoms with Gasteiger partial charge in [0.15, 0.2) is 11.2 Å². The minimum absolute atomic E-state index is 0.379. The van der Waals surface area contributed by atoms with Gasteiger partial charge in [-0.1, -0.05) is 30.3 Å². The Labute approximate surface area is 144 Å². The summed E-state index contributed by atoms with van der Waals surface area (Å²) in [4.78, 5) is 32.4. The molecule has 3 aromatic rings. The molecule has 0 fully saturated rings. The van der Waals surface area contributed by atoms with Crippen LogP contribution in [0.2, 0.25) is 0 Å². The largest absolute Gasteiger partial charge is 0.350 e. The number of aromatic amines is 1. The number of anilines is 1. The summed E-state index contributed by atoms with van der Waals surface area (Å²) < 4.78 is 3.19. The quantitative estimate of drug-likeness (QED) is 0.537. The summed E-state index contributed by atoms with van der Waals surface area (Å²) in [6.07, 6.45) is 0. The monoisotopic (exact) mass is 343 g/mol. The average Bonchev–Trinajstić information content (AvgIpc) is 2.92. The fourth-order valence-corrected chi connectivity index (χ4v) is 2.71. The molecule has 0 radical (unpaired) electrons. The normalized spacial score (nSPS) is 11.4. The van der Waals surface area contributed by atoms with Crippen LogP contribution in [0.25, 0.3) is 11.2 Å². The van der Waals surface area contributed by atoms with Gasteiger partial charge in [0.25, 0.3) is 5.56 Å². The van der Waals surface area contributed by atoms with Gasteiger partial charge in [-0.05, 0) is 5.56 Å². The summed E-state index contributed by atoms with van der Waals surface area (Å²) in [7, 11) is 5.75. The van der Waals surface area contributed by atoms with E-state index in [1.165, 1.54) is 9.47 Å². The molecule has 0 aliphatic carbocycles. The number of quaternary nitrogens is 1. The van der Waals surface area contributed by atoms with Crippen LogP contribution in [0.5, 0.6) is 0 Å². The summed E-state index contributed by atoms with van der Waals surface area (Å²) in [5, 5.41) is 3.29. The highest BCUT2D eigenvalue weighted by Crippen LogP contribution is 2.17. The zero-order chi connectivity index (χ0) is 18.0. The molecule has 1 aromatic carbocycles. The standard InChI is InChI=1S/C17H22N6O2/c1-21(2)10-9-18-16-19-14-13(15(24)20-17(25)22(14)3)23(16)11-12-7-5-4-6-8-12/h4-8H,9-11H2,1-3H3,(H,18,19)(H,20,24,25)/p+1. The topological polar surface area (TPSA) is 89.2 Å². The Kier molecular flexibility index (Phi) is 4.71. The molecular weight excluding hydrogens is 320 g/mol. The first-order chi connectivity index (χ1) is 12.0. The second kappa shape index (κ2) is 6.94. The molecule has 25 heavy (non-hydrogen) atoms. The van der Waals surface area contributed by atoms with Crippen LogP contribution in [0.15, 0.2) is 39.9 Å². The number of rotatable bonds is 6. The summed E-state index contributed by atoms with van der Waals surface area (Å²) in [6, 6.07) is 9.85. The van der Waals surface area contributed by atoms with Gasteiger partial charge in [0.1, 0.15) is 0 Å². The number of nitrogens with one attached hydrogen (secondary N) is 3. The number of aromatic nitrogens is 4. The highest BCUT2D eigenvalue weighted by atomic mass is 16.2. The second-order valence-electron chi connectivity index (χ2n) is 6.38. The Morgan fingerprint density at radius 1 is 1.20 bits per heavy atom. The van der Waals surface area contributed by atoms with Gasteiger partial charge in [-0.25, -0.2) is 4.79 Å². The molecule has 0 saturated heterocycles. The maximum Gasteiger partial charge on any atom is 0.329 e. The number of hydrogen-bond donors (Lipinski definition) is 3. The summed E-state index contributed by atoms with van der Waals surface area (Å²) >= 11 is 0. The van der Waals surface area contributed by atoms with Crippen LogP contribution in [0.4, 0.5) is 5.95 Å². The van der Waals surface area contributed by atoms with E-state index in [1.54, 1.807) is 7.05 Å². The number of nitrogens with zero attached hydrogens (tertiary/aromatic N) is 3. The van der Waals surface area contributed by atoms with E-state index in [9.17, 15) is 9.59 Å². The van der Waals surface area contributed by atoms with Crippen molar-refractivity contribution in [3.63, 3.8) is 0 Å². The van der Waals surface area contributed by atoms with Crippen molar-refractivity contribution in [2.75, 3.05) is 32.5 Å². The van der Waals surface area contributed by atoms with Gasteiger partial charge in [0.2, 0.25) is 5.95 Å². The highest BCUT2D eigenvalue weighted by molar-refractivity contribution is 5.74. The van der Waals surface area contributed by atoms with Crippen LogP contribution >= 0.6 is 0 Å². The molecule has 0 atom stereocenters. The predicted molar refractivity (Wildman–Crippen MR) is 97.3 cm³/mol. The highest BCUT2D eigenvalue weighted by Gasteiger charge is 2.17. The van der Waals surface area contributed by atoms with Crippen molar-refractivity contribution >= 4 is 17.1 Å². The molecule has 8 heteroatoms. The van der Waals surface area contributed by atoms with E-state index in [4.69, 9.17) is 0 Å². The minimum atomic E-state index is -0.467. The van der Waals surface area contributed by atoms with Crippen molar-refractivity contribution in [2.24, 2.45) is 7.05 Å². The van der Waals surface area contributed by atoms with E-state index in [0.29, 0.717) is 30.2 Å². The van der Waals surface area contributed by atoms with Gasteiger partial charge < -0.3 is 10.2 Å². The zero-order valence-electron chi connectivity index (χ0n) is 14.7. The molecule has 2 heterocycles. The van der Waals surface area contributed by atoms with Crippen LogP contribution < -0.4 is 21.5 Å². The number of likely N-dealkylation sites (N-methyl/N-ethyl adjacent to an activating group) is 1. The predicted octanol–water partition coefficient (Wildman–Crippen LogP) is -0.972. The van der Waals surface area contributed by atoms with Crippen molar-refractivity contribution < 1.29 is 4.90 Å². The third-order valence-corrected chi connectivity index (χ3v) is 4.10. The molecule has 0 aliphatic heterocycles. The third kappa shape index (κ3) is 3.48. The second-order valence-corrected chi connectivity index (χ2v) is 6.38. The number of aryl methyl sites for hydroxylation is 1. The fourth-order valence-electron chi connectivity index (χ4n) is 2.71. The minimum Gasteiger partial charge on any atom is -0.350 e. The SMILES string of the molecule is Cn1c(=O)[nH]c(=O)c2c1nc(NCC[NH+](C)C)n2Cc1ccccc1. The Bertz CT molecular complexity index is 984. The van der Waals surface area contributed by atoms with E-state index < -0.39 is 11.2 Å². The Morgan fingerprint density at radius 3 is 2.60 bits per heavy atom. The van der Waals surface area contributed by atoms with Crippen molar-refractivity contribution in [3.05, 3.63) is 56.7 Å². The number of hydrogen-bond acceptors (Lipinski definition) is 4. The van der Waals surface area contributed by atoms with E-state index in [1.807, 2.05) is 34.9 Å². The van der Waals surface area contributed by atoms with E-state index in [-0.39, 0.29) is 0 Å². The number of fused-ring (bicyclic) bond motifs is 1. The molecule has 0 aliphatic rings. The van der Waals surface area contributed by atoms with Gasteiger partial charge in [0.05, 0.1) is 33.7 Å². The Hall–Kier alpha value is -2.87. The van der Waals surface area contributed by atoms with E-state index in [2.05, 4.69) is 29.4 Å². The van der Waals surface area contributed by atoms with Crippen LogP contribution in [-0.2, 0) is 13.6 Å². The molecule has 3 N–H and O–H groups in total. The van der Waals surface area contributed by atoms with Crippen LogP contribution in [0.1, 0.15) is 5.56 Å². The summed E-state index contributed by atoms with van der Waals surface area (Å²) in [5.74, 6) is 0.590. The molecule has 0 unspecified atom stereocenters. The number of imidazole rings is 1. The molecule has 0 bridgehead atoms. The van der Waals surface area contributed by atoms with Crippen LogP contribution in [-0.4, -0.2) is 46.3 Å². The lowest BCUT2D eigenvalue weighted by Gasteiger charge is -2.12. The number of benzene rings is 1. The number of H-pyrrole nitrogens is 1. The molecule has 8 nitrogen and oxygen atoms in total. The third-order valence-electron chi connectivity index (χ3n) is 4.10. The first-order valence-electron chi connectivity index (χ1n) is 8.23. The van der Waals surface area contributed by atoms with Crippen LogP contribution in [0, 0.1) is 0 Å². The molecule has 0 saturated carbocycles. The van der Waals surface area contributed by atoms with Gasteiger partial charge in [-0.15, -0.1) is 0 Å². The lowest BCUT2D eigenvalue weighted by molar-refractivity contribution is -0.856. The molecule has 3 rings (SSSR count). The lowest BCUT2D eigenvalue weighted by Crippen LogP contribution is -3.06. The maximum absolute atomic E-state index is 12.4. The smallest absolute Gasteiger partial charge is 0.329 e. The zero-order valence-corrected chi connectivity index (χ0v) is 14.7. The maximum atomic E-state index is 12.4. The van der Waals surface area contributed by atoms with Crippen molar-refractivity contribution in [3.8, 4) is 0 Å². The van der Waals surface area contributed by atoms with Gasteiger partial charge >= 0.3 is 5.69 Å². The van der Waals surface area contributed by atoms with Gasteiger partial charge in [0, 0.05) is 7.05 Å². The summed E-state index contributed by atoms with van der Waals surface area (Å²) in [5.41, 5.74) is 0.935. The van der Waals surface area contributed by atoms with Crippen molar-refractivity contribution in [1.29, 1.82) is 0 Å². The van der Waals surface area contributed by atoms with Crippen molar-refractivity contribution in [2.45, 2.75) is 6.54 Å². The Morgan fingerprint density at radius 2 is 1.92 bits per heavy atom. The molecule has 132 valence electrons. The first-order valence-corrected chi connectivity index (χ1v) is 8.23. The first kappa shape index (κ1) is 17.0. The fraction of sp³-hybridized carbons (Fsp3) is 0.353. The van der Waals surface area contributed by atoms with Crippen molar-refractivity contribution in [1.82, 2.24) is 19.1 Å². The van der Waals surface area contributed by atoms with E-state index in [0.717, 1.165) is 12.1 Å². The van der Waals surface area contributed by atoms with E-state index >= 15 is 0 Å². The molecule has 0 amide bonds. The molecule has 0 spiro atoms. The van der Waals surface area contributed by atoms with Gasteiger partial charge in [-0.2, -0.15) is 4.98 Å². The molecular formula is C17H23N6O2+. The lowest BCUT2D eigenvalue weighted by atomic mass is 10.2. The summed E-state index contributed by atoms with van der Waals surface area (Å²) in [6.45, 7) is 2.12. The average molecular weight is 343 g/mol. The van der Waals surface area contributed by atoms with Gasteiger partial charge in [-0.3, -0.25) is 18.9 Å². The Balaban J connectivity index is 2.11.